The third-order valence-corrected chi connectivity index (χ3v) is 4.98. The molecule has 0 aliphatic rings. The van der Waals surface area contributed by atoms with Gasteiger partial charge in [-0.1, -0.05) is 18.2 Å². The molecule has 1 amide bonds. The summed E-state index contributed by atoms with van der Waals surface area (Å²) < 4.78 is 26.6. The van der Waals surface area contributed by atoms with Gasteiger partial charge in [0.2, 0.25) is 0 Å². The van der Waals surface area contributed by atoms with Gasteiger partial charge in [0.1, 0.15) is 23.2 Å². The van der Waals surface area contributed by atoms with Gasteiger partial charge in [0.05, 0.1) is 33.0 Å². The minimum atomic E-state index is -0.274. The first kappa shape index (κ1) is 20.4. The number of furan rings is 1. The summed E-state index contributed by atoms with van der Waals surface area (Å²) in [6.07, 6.45) is 5.01. The van der Waals surface area contributed by atoms with Crippen molar-refractivity contribution in [1.29, 1.82) is 0 Å². The Morgan fingerprint density at radius 2 is 1.90 bits per heavy atom. The maximum absolute atomic E-state index is 14.1. The SMILES string of the molecule is COc1ccc(C(=O)N(Cc2ccco2)Cc2nccn2Cc2ccccc2F)cc1. The molecule has 0 aliphatic carbocycles. The number of hydrogen-bond acceptors (Lipinski definition) is 4. The number of carbonyl (C=O) groups excluding carboxylic acids is 1. The highest BCUT2D eigenvalue weighted by molar-refractivity contribution is 5.94. The van der Waals surface area contributed by atoms with E-state index in [4.69, 9.17) is 9.15 Å². The Balaban J connectivity index is 1.59. The molecule has 0 saturated carbocycles. The second-order valence-corrected chi connectivity index (χ2v) is 7.03. The van der Waals surface area contributed by atoms with E-state index in [1.165, 1.54) is 6.07 Å². The normalized spacial score (nSPS) is 10.8. The number of imidazole rings is 1. The van der Waals surface area contributed by atoms with Crippen molar-refractivity contribution in [1.82, 2.24) is 14.5 Å². The minimum Gasteiger partial charge on any atom is -0.497 e. The van der Waals surface area contributed by atoms with Crippen molar-refractivity contribution in [3.63, 3.8) is 0 Å². The van der Waals surface area contributed by atoms with Crippen LogP contribution in [0.4, 0.5) is 4.39 Å². The molecule has 2 heterocycles. The van der Waals surface area contributed by atoms with Crippen LogP contribution in [0, 0.1) is 5.82 Å². The Morgan fingerprint density at radius 3 is 2.61 bits per heavy atom. The van der Waals surface area contributed by atoms with E-state index in [0.29, 0.717) is 35.0 Å². The number of carbonyl (C=O) groups is 1. The van der Waals surface area contributed by atoms with Gasteiger partial charge in [-0.3, -0.25) is 4.79 Å². The standard InChI is InChI=1S/C24H22FN3O3/c1-30-20-10-8-18(9-11-20)24(29)28(16-21-6-4-14-31-21)17-23-26-12-13-27(23)15-19-5-2-3-7-22(19)25/h2-14H,15-17H2,1H3. The van der Waals surface area contributed by atoms with Gasteiger partial charge in [0, 0.05) is 23.5 Å². The van der Waals surface area contributed by atoms with Crippen molar-refractivity contribution in [2.45, 2.75) is 19.6 Å². The van der Waals surface area contributed by atoms with Crippen LogP contribution in [0.5, 0.6) is 5.75 Å². The lowest BCUT2D eigenvalue weighted by molar-refractivity contribution is 0.0711. The number of rotatable bonds is 8. The maximum atomic E-state index is 14.1. The van der Waals surface area contributed by atoms with Crippen LogP contribution < -0.4 is 4.74 Å². The second kappa shape index (κ2) is 9.30. The number of halogens is 1. The quantitative estimate of drug-likeness (QED) is 0.422. The Hall–Kier alpha value is -3.87. The Labute approximate surface area is 179 Å². The fourth-order valence-electron chi connectivity index (χ4n) is 3.32. The largest absolute Gasteiger partial charge is 0.497 e. The molecule has 0 fully saturated rings. The van der Waals surface area contributed by atoms with E-state index >= 15 is 0 Å². The summed E-state index contributed by atoms with van der Waals surface area (Å²) in [6, 6.07) is 17.2. The summed E-state index contributed by atoms with van der Waals surface area (Å²) in [4.78, 5) is 19.3. The first-order chi connectivity index (χ1) is 15.1. The van der Waals surface area contributed by atoms with Crippen molar-refractivity contribution in [2.75, 3.05) is 7.11 Å². The van der Waals surface area contributed by atoms with Gasteiger partial charge < -0.3 is 18.6 Å². The molecule has 2 aromatic heterocycles. The molecule has 0 unspecified atom stereocenters. The Kier molecular flexibility index (Phi) is 6.12. The topological polar surface area (TPSA) is 60.5 Å². The summed E-state index contributed by atoms with van der Waals surface area (Å²) in [5.41, 5.74) is 1.08. The number of hydrogen-bond donors (Lipinski definition) is 0. The minimum absolute atomic E-state index is 0.167. The summed E-state index contributed by atoms with van der Waals surface area (Å²) in [7, 11) is 1.58. The van der Waals surface area contributed by atoms with Crippen LogP contribution in [0.25, 0.3) is 0 Å². The highest BCUT2D eigenvalue weighted by Gasteiger charge is 2.20. The second-order valence-electron chi connectivity index (χ2n) is 7.03. The van der Waals surface area contributed by atoms with E-state index in [1.54, 1.807) is 79.2 Å². The van der Waals surface area contributed by atoms with E-state index in [0.717, 1.165) is 0 Å². The van der Waals surface area contributed by atoms with Crippen molar-refractivity contribution >= 4 is 5.91 Å². The zero-order chi connectivity index (χ0) is 21.6. The molecule has 2 aromatic carbocycles. The van der Waals surface area contributed by atoms with E-state index in [2.05, 4.69) is 4.98 Å². The van der Waals surface area contributed by atoms with Gasteiger partial charge in [-0.25, -0.2) is 9.37 Å². The number of methoxy groups -OCH3 is 1. The number of benzene rings is 2. The van der Waals surface area contributed by atoms with Crippen LogP contribution in [-0.4, -0.2) is 27.5 Å². The van der Waals surface area contributed by atoms with Crippen LogP contribution in [0.2, 0.25) is 0 Å². The molecular weight excluding hydrogens is 397 g/mol. The molecule has 0 radical (unpaired) electrons. The average molecular weight is 419 g/mol. The Morgan fingerprint density at radius 1 is 1.10 bits per heavy atom. The molecule has 0 spiro atoms. The van der Waals surface area contributed by atoms with E-state index < -0.39 is 0 Å². The predicted octanol–water partition coefficient (Wildman–Crippen LogP) is 4.51. The summed E-state index contributed by atoms with van der Waals surface area (Å²) >= 11 is 0. The zero-order valence-electron chi connectivity index (χ0n) is 17.1. The molecule has 6 nitrogen and oxygen atoms in total. The Bertz CT molecular complexity index is 1140. The monoisotopic (exact) mass is 419 g/mol. The first-order valence-electron chi connectivity index (χ1n) is 9.83. The first-order valence-corrected chi connectivity index (χ1v) is 9.83. The average Bonchev–Trinajstić information content (AvgIpc) is 3.47. The lowest BCUT2D eigenvalue weighted by Crippen LogP contribution is -2.31. The summed E-state index contributed by atoms with van der Waals surface area (Å²) in [6.45, 7) is 0.852. The molecular formula is C24H22FN3O3. The van der Waals surface area contributed by atoms with E-state index in [9.17, 15) is 9.18 Å². The molecule has 0 aliphatic heterocycles. The summed E-state index contributed by atoms with van der Waals surface area (Å²) in [5, 5.41) is 0. The van der Waals surface area contributed by atoms with Crippen molar-refractivity contribution in [2.24, 2.45) is 0 Å². The van der Waals surface area contributed by atoms with E-state index in [1.807, 2.05) is 10.6 Å². The highest BCUT2D eigenvalue weighted by Crippen LogP contribution is 2.18. The van der Waals surface area contributed by atoms with Crippen molar-refractivity contribution in [3.8, 4) is 5.75 Å². The van der Waals surface area contributed by atoms with Gasteiger partial charge in [0.25, 0.3) is 5.91 Å². The third kappa shape index (κ3) is 4.83. The number of nitrogens with zero attached hydrogens (tertiary/aromatic N) is 3. The lowest BCUT2D eigenvalue weighted by Gasteiger charge is -2.22. The third-order valence-electron chi connectivity index (χ3n) is 4.98. The maximum Gasteiger partial charge on any atom is 0.254 e. The van der Waals surface area contributed by atoms with Crippen LogP contribution in [-0.2, 0) is 19.6 Å². The molecule has 158 valence electrons. The molecule has 0 saturated heterocycles. The summed E-state index contributed by atoms with van der Waals surface area (Å²) in [5.74, 6) is 1.55. The fourth-order valence-corrected chi connectivity index (χ4v) is 3.32. The van der Waals surface area contributed by atoms with Crippen LogP contribution in [0.1, 0.15) is 27.5 Å². The predicted molar refractivity (Wildman–Crippen MR) is 113 cm³/mol. The van der Waals surface area contributed by atoms with Crippen LogP contribution in [0.15, 0.2) is 83.7 Å². The van der Waals surface area contributed by atoms with Crippen molar-refractivity contribution < 1.29 is 18.3 Å². The lowest BCUT2D eigenvalue weighted by atomic mass is 10.2. The zero-order valence-corrected chi connectivity index (χ0v) is 17.1. The van der Waals surface area contributed by atoms with E-state index in [-0.39, 0.29) is 24.8 Å². The van der Waals surface area contributed by atoms with Gasteiger partial charge in [-0.15, -0.1) is 0 Å². The van der Waals surface area contributed by atoms with Crippen LogP contribution in [0.3, 0.4) is 0 Å². The van der Waals surface area contributed by atoms with Gasteiger partial charge >= 0.3 is 0 Å². The molecule has 4 aromatic rings. The smallest absolute Gasteiger partial charge is 0.254 e. The number of ether oxygens (including phenoxy) is 1. The molecule has 7 heteroatoms. The van der Waals surface area contributed by atoms with Crippen LogP contribution >= 0.6 is 0 Å². The van der Waals surface area contributed by atoms with Gasteiger partial charge in [-0.05, 0) is 42.5 Å². The van der Waals surface area contributed by atoms with Gasteiger partial charge in [-0.2, -0.15) is 0 Å². The fraction of sp³-hybridized carbons (Fsp3) is 0.167. The molecule has 0 atom stereocenters. The highest BCUT2D eigenvalue weighted by atomic mass is 19.1. The molecule has 4 rings (SSSR count). The number of amides is 1. The molecule has 0 N–H and O–H groups in total. The number of aromatic nitrogens is 2. The molecule has 0 bridgehead atoms. The van der Waals surface area contributed by atoms with Gasteiger partial charge in [0.15, 0.2) is 0 Å². The molecule has 31 heavy (non-hydrogen) atoms. The van der Waals surface area contributed by atoms with Crippen molar-refractivity contribution in [3.05, 3.63) is 108 Å².